The number of carbonyl (C=O) groups is 2. The quantitative estimate of drug-likeness (QED) is 0.433. The Morgan fingerprint density at radius 1 is 1.03 bits per heavy atom. The van der Waals surface area contributed by atoms with E-state index in [1.165, 1.54) is 23.5 Å². The summed E-state index contributed by atoms with van der Waals surface area (Å²) < 4.78 is 44.8. The van der Waals surface area contributed by atoms with Gasteiger partial charge in [-0.2, -0.15) is 13.2 Å². The van der Waals surface area contributed by atoms with Gasteiger partial charge in [-0.1, -0.05) is 36.6 Å². The van der Waals surface area contributed by atoms with Gasteiger partial charge in [-0.25, -0.2) is 4.98 Å². The molecule has 6 nitrogen and oxygen atoms in total. The summed E-state index contributed by atoms with van der Waals surface area (Å²) in [6.45, 7) is 2.23. The molecular formula is C26H26F3N3O3S. The van der Waals surface area contributed by atoms with E-state index < -0.39 is 23.7 Å². The van der Waals surface area contributed by atoms with Crippen LogP contribution in [-0.4, -0.2) is 28.9 Å². The van der Waals surface area contributed by atoms with E-state index in [0.717, 1.165) is 30.5 Å². The number of nitrogens with one attached hydrogen (secondary N) is 2. The molecule has 0 saturated heterocycles. The molecule has 2 atom stereocenters. The topological polar surface area (TPSA) is 80.3 Å². The number of hydrogen-bond donors (Lipinski definition) is 2. The molecule has 1 fully saturated rings. The van der Waals surface area contributed by atoms with E-state index >= 15 is 0 Å². The maximum atomic E-state index is 13.0. The van der Waals surface area contributed by atoms with Crippen molar-refractivity contribution in [1.29, 1.82) is 0 Å². The fourth-order valence-electron chi connectivity index (χ4n) is 4.07. The molecule has 190 valence electrons. The molecule has 1 heterocycles. The Morgan fingerprint density at radius 2 is 1.69 bits per heavy atom. The third-order valence-corrected chi connectivity index (χ3v) is 6.84. The van der Waals surface area contributed by atoms with Gasteiger partial charge in [-0.05, 0) is 50.1 Å². The second-order valence-electron chi connectivity index (χ2n) is 8.75. The van der Waals surface area contributed by atoms with E-state index in [4.69, 9.17) is 4.74 Å². The molecule has 1 aliphatic carbocycles. The highest BCUT2D eigenvalue weighted by Crippen LogP contribution is 2.29. The van der Waals surface area contributed by atoms with Crippen LogP contribution in [0.4, 0.5) is 13.2 Å². The number of nitrogens with zero attached hydrogens (tertiary/aromatic N) is 1. The van der Waals surface area contributed by atoms with Crippen LogP contribution in [0.5, 0.6) is 5.75 Å². The van der Waals surface area contributed by atoms with Gasteiger partial charge in [-0.15, -0.1) is 11.3 Å². The highest BCUT2D eigenvalue weighted by atomic mass is 32.1. The van der Waals surface area contributed by atoms with Crippen molar-refractivity contribution in [2.24, 2.45) is 0 Å². The molecule has 0 bridgehead atoms. The van der Waals surface area contributed by atoms with Crippen LogP contribution in [0.1, 0.15) is 62.7 Å². The van der Waals surface area contributed by atoms with Crippen molar-refractivity contribution < 1.29 is 27.5 Å². The first-order chi connectivity index (χ1) is 17.2. The maximum absolute atomic E-state index is 13.0. The van der Waals surface area contributed by atoms with E-state index in [1.807, 2.05) is 31.2 Å². The third-order valence-electron chi connectivity index (χ3n) is 6.02. The van der Waals surface area contributed by atoms with Gasteiger partial charge in [0.05, 0.1) is 5.56 Å². The Morgan fingerprint density at radius 3 is 2.36 bits per heavy atom. The molecule has 2 amide bonds. The molecule has 1 aromatic heterocycles. The number of benzene rings is 2. The van der Waals surface area contributed by atoms with Gasteiger partial charge in [0.15, 0.2) is 0 Å². The van der Waals surface area contributed by atoms with Gasteiger partial charge in [0.2, 0.25) is 0 Å². The number of aromatic nitrogens is 1. The minimum atomic E-state index is -4.53. The minimum absolute atomic E-state index is 0.0711. The molecule has 0 spiro atoms. The molecule has 1 saturated carbocycles. The molecule has 0 aliphatic heterocycles. The molecule has 36 heavy (non-hydrogen) atoms. The van der Waals surface area contributed by atoms with E-state index in [-0.39, 0.29) is 29.8 Å². The summed E-state index contributed by atoms with van der Waals surface area (Å²) in [6.07, 6.45) is -1.56. The highest BCUT2D eigenvalue weighted by molar-refractivity contribution is 7.09. The Bertz CT molecular complexity index is 1210. The predicted molar refractivity (Wildman–Crippen MR) is 130 cm³/mol. The number of amides is 2. The molecule has 4 rings (SSSR count). The largest absolute Gasteiger partial charge is 0.486 e. The van der Waals surface area contributed by atoms with Crippen molar-refractivity contribution in [3.05, 3.63) is 81.3 Å². The third kappa shape index (κ3) is 6.63. The number of alkyl halides is 3. The number of thiazole rings is 1. The summed E-state index contributed by atoms with van der Waals surface area (Å²) in [6, 6.07) is 11.2. The lowest BCUT2D eigenvalue weighted by atomic mass is 9.90. The van der Waals surface area contributed by atoms with Crippen LogP contribution >= 0.6 is 11.3 Å². The van der Waals surface area contributed by atoms with Crippen LogP contribution in [0.25, 0.3) is 0 Å². The normalized spacial score (nSPS) is 17.9. The first-order valence-electron chi connectivity index (χ1n) is 11.6. The lowest BCUT2D eigenvalue weighted by Crippen LogP contribution is -2.53. The molecule has 3 aromatic rings. The van der Waals surface area contributed by atoms with Crippen LogP contribution in [0.15, 0.2) is 53.9 Å². The van der Waals surface area contributed by atoms with Gasteiger partial charge >= 0.3 is 6.18 Å². The monoisotopic (exact) mass is 517 g/mol. The smallest absolute Gasteiger partial charge is 0.416 e. The van der Waals surface area contributed by atoms with Crippen molar-refractivity contribution in [3.8, 4) is 5.75 Å². The molecular weight excluding hydrogens is 491 g/mol. The molecule has 1 aliphatic rings. The number of halogens is 3. The van der Waals surface area contributed by atoms with Crippen LogP contribution < -0.4 is 15.4 Å². The zero-order valence-electron chi connectivity index (χ0n) is 19.6. The van der Waals surface area contributed by atoms with Crippen LogP contribution in [0.2, 0.25) is 0 Å². The van der Waals surface area contributed by atoms with Gasteiger partial charge in [0.25, 0.3) is 11.8 Å². The predicted octanol–water partition coefficient (Wildman–Crippen LogP) is 5.52. The summed E-state index contributed by atoms with van der Waals surface area (Å²) >= 11 is 1.32. The zero-order chi connectivity index (χ0) is 25.7. The second kappa shape index (κ2) is 11.1. The van der Waals surface area contributed by atoms with Crippen LogP contribution in [0.3, 0.4) is 0 Å². The van der Waals surface area contributed by atoms with Crippen LogP contribution in [0, 0.1) is 6.92 Å². The number of hydrogen-bond acceptors (Lipinski definition) is 5. The summed E-state index contributed by atoms with van der Waals surface area (Å²) in [5.74, 6) is -0.252. The summed E-state index contributed by atoms with van der Waals surface area (Å²) in [4.78, 5) is 29.9. The fraction of sp³-hybridized carbons (Fsp3) is 0.346. The van der Waals surface area contributed by atoms with Crippen LogP contribution in [-0.2, 0) is 12.8 Å². The van der Waals surface area contributed by atoms with Crippen molar-refractivity contribution in [3.63, 3.8) is 0 Å². The van der Waals surface area contributed by atoms with Gasteiger partial charge in [0.1, 0.15) is 23.1 Å². The molecule has 2 aromatic carbocycles. The van der Waals surface area contributed by atoms with Gasteiger partial charge in [0, 0.05) is 23.0 Å². The Hall–Kier alpha value is -3.40. The number of ether oxygens (including phenoxy) is 1. The molecule has 0 radical (unpaired) electrons. The Balaban J connectivity index is 1.35. The second-order valence-corrected chi connectivity index (χ2v) is 9.69. The minimum Gasteiger partial charge on any atom is -0.486 e. The fourth-order valence-corrected chi connectivity index (χ4v) is 4.75. The summed E-state index contributed by atoms with van der Waals surface area (Å²) in [5.41, 5.74) is 0.436. The number of aryl methyl sites for hydroxylation is 1. The van der Waals surface area contributed by atoms with E-state index in [1.54, 1.807) is 5.38 Å². The van der Waals surface area contributed by atoms with Gasteiger partial charge < -0.3 is 15.4 Å². The van der Waals surface area contributed by atoms with E-state index in [9.17, 15) is 22.8 Å². The average Bonchev–Trinajstić information content (AvgIpc) is 3.34. The van der Waals surface area contributed by atoms with Crippen molar-refractivity contribution in [1.82, 2.24) is 15.6 Å². The molecule has 0 unspecified atom stereocenters. The average molecular weight is 518 g/mol. The summed E-state index contributed by atoms with van der Waals surface area (Å²) in [7, 11) is 0. The van der Waals surface area contributed by atoms with Crippen molar-refractivity contribution in [2.75, 3.05) is 0 Å². The Labute approximate surface area is 210 Å². The van der Waals surface area contributed by atoms with E-state index in [0.29, 0.717) is 23.6 Å². The van der Waals surface area contributed by atoms with E-state index in [2.05, 4.69) is 15.6 Å². The summed E-state index contributed by atoms with van der Waals surface area (Å²) in [5, 5.41) is 8.06. The lowest BCUT2D eigenvalue weighted by Gasteiger charge is -2.32. The standard InChI is InChI=1S/C26H26F3N3O3S/c1-16-9-11-19(12-10-16)35-14-23-30-22(15-36-23)25(34)32-21-8-3-2-7-20(21)31-24(33)17-5-4-6-18(13-17)26(27,28)29/h4-6,9-13,15,20-21H,2-3,7-8,14H2,1H3,(H,31,33)(H,32,34)/t20-,21+/m0/s1. The zero-order valence-corrected chi connectivity index (χ0v) is 20.4. The Kier molecular flexibility index (Phi) is 7.93. The number of carbonyl (C=O) groups excluding carboxylic acids is 2. The molecule has 10 heteroatoms. The van der Waals surface area contributed by atoms with Crippen molar-refractivity contribution in [2.45, 2.75) is 57.5 Å². The maximum Gasteiger partial charge on any atom is 0.416 e. The lowest BCUT2D eigenvalue weighted by molar-refractivity contribution is -0.137. The first kappa shape index (κ1) is 25.7. The number of rotatable bonds is 7. The first-order valence-corrected chi connectivity index (χ1v) is 12.5. The highest BCUT2D eigenvalue weighted by Gasteiger charge is 2.32. The van der Waals surface area contributed by atoms with Crippen molar-refractivity contribution >= 4 is 23.2 Å². The molecule has 2 N–H and O–H groups in total. The van der Waals surface area contributed by atoms with Gasteiger partial charge in [-0.3, -0.25) is 9.59 Å². The SMILES string of the molecule is Cc1ccc(OCc2nc(C(=O)N[C@@H]3CCCC[C@@H]3NC(=O)c3cccc(C(F)(F)F)c3)cs2)cc1.